The molecule has 7 heteroatoms. The zero-order chi connectivity index (χ0) is 14.9. The van der Waals surface area contributed by atoms with Gasteiger partial charge in [0.05, 0.1) is 4.88 Å². The van der Waals surface area contributed by atoms with Gasteiger partial charge in [-0.1, -0.05) is 40.1 Å². The Morgan fingerprint density at radius 2 is 1.95 bits per heavy atom. The van der Waals surface area contributed by atoms with Crippen molar-refractivity contribution in [3.05, 3.63) is 52.9 Å². The van der Waals surface area contributed by atoms with E-state index < -0.39 is 0 Å². The van der Waals surface area contributed by atoms with Gasteiger partial charge in [0.2, 0.25) is 5.82 Å². The minimum atomic E-state index is 0.307. The Labute approximate surface area is 134 Å². The molecule has 22 heavy (non-hydrogen) atoms. The molecule has 0 atom stereocenters. The molecule has 4 rings (SSSR count). The second kappa shape index (κ2) is 5.40. The van der Waals surface area contributed by atoms with Crippen LogP contribution in [0.1, 0.15) is 0 Å². The fourth-order valence-corrected chi connectivity index (χ4v) is 2.85. The van der Waals surface area contributed by atoms with Crippen molar-refractivity contribution >= 4 is 22.9 Å². The Morgan fingerprint density at radius 1 is 1.00 bits per heavy atom. The second-order valence-electron chi connectivity index (χ2n) is 4.49. The molecule has 3 heterocycles. The van der Waals surface area contributed by atoms with Crippen LogP contribution in [0.5, 0.6) is 0 Å². The summed E-state index contributed by atoms with van der Waals surface area (Å²) in [5, 5.41) is 10.5. The van der Waals surface area contributed by atoms with E-state index in [-0.39, 0.29) is 0 Å². The predicted octanol–water partition coefficient (Wildman–Crippen LogP) is 4.77. The fourth-order valence-electron chi connectivity index (χ4n) is 1.98. The van der Waals surface area contributed by atoms with Gasteiger partial charge in [-0.05, 0) is 23.6 Å². The molecule has 0 amide bonds. The first-order valence-corrected chi connectivity index (χ1v) is 7.66. The molecule has 0 bridgehead atoms. The van der Waals surface area contributed by atoms with Crippen molar-refractivity contribution in [1.29, 1.82) is 0 Å². The number of thiophene rings is 1. The molecule has 3 aromatic heterocycles. The SMILES string of the molecule is Clc1cccc(-c2noc(-c3cc(-c4cccs4)on3)n2)c1. The molecule has 4 aromatic rings. The summed E-state index contributed by atoms with van der Waals surface area (Å²) in [5.74, 6) is 1.44. The first-order valence-electron chi connectivity index (χ1n) is 6.40. The Balaban J connectivity index is 1.67. The molecule has 1 aromatic carbocycles. The van der Waals surface area contributed by atoms with Crippen LogP contribution >= 0.6 is 22.9 Å². The number of halogens is 1. The van der Waals surface area contributed by atoms with E-state index in [2.05, 4.69) is 15.3 Å². The van der Waals surface area contributed by atoms with Crippen LogP contribution in [0, 0.1) is 0 Å². The van der Waals surface area contributed by atoms with Crippen molar-refractivity contribution in [3.63, 3.8) is 0 Å². The van der Waals surface area contributed by atoms with Gasteiger partial charge in [0, 0.05) is 16.7 Å². The van der Waals surface area contributed by atoms with Crippen molar-refractivity contribution in [3.8, 4) is 33.6 Å². The maximum absolute atomic E-state index is 5.97. The molecular weight excluding hydrogens is 322 g/mol. The Kier molecular flexibility index (Phi) is 3.25. The number of benzene rings is 1. The third-order valence-corrected chi connectivity index (χ3v) is 4.12. The van der Waals surface area contributed by atoms with Gasteiger partial charge in [0.15, 0.2) is 11.5 Å². The fraction of sp³-hybridized carbons (Fsp3) is 0. The van der Waals surface area contributed by atoms with Crippen LogP contribution in [0.3, 0.4) is 0 Å². The van der Waals surface area contributed by atoms with Crippen molar-refractivity contribution in [2.24, 2.45) is 0 Å². The monoisotopic (exact) mass is 329 g/mol. The van der Waals surface area contributed by atoms with Crippen LogP contribution in [0.25, 0.3) is 33.6 Å². The molecule has 0 saturated heterocycles. The molecule has 0 unspecified atom stereocenters. The maximum atomic E-state index is 5.97. The number of hydrogen-bond donors (Lipinski definition) is 0. The molecule has 0 spiro atoms. The zero-order valence-corrected chi connectivity index (χ0v) is 12.6. The molecule has 0 N–H and O–H groups in total. The van der Waals surface area contributed by atoms with Crippen molar-refractivity contribution in [2.45, 2.75) is 0 Å². The van der Waals surface area contributed by atoms with E-state index in [1.165, 1.54) is 0 Å². The molecule has 5 nitrogen and oxygen atoms in total. The normalized spacial score (nSPS) is 11.0. The van der Waals surface area contributed by atoms with Gasteiger partial charge in [0.25, 0.3) is 5.89 Å². The van der Waals surface area contributed by atoms with Crippen molar-refractivity contribution in [2.75, 3.05) is 0 Å². The van der Waals surface area contributed by atoms with E-state index >= 15 is 0 Å². The highest BCUT2D eigenvalue weighted by molar-refractivity contribution is 7.13. The summed E-state index contributed by atoms with van der Waals surface area (Å²) in [6.45, 7) is 0. The third-order valence-electron chi connectivity index (χ3n) is 3.00. The smallest absolute Gasteiger partial charge is 0.280 e. The number of nitrogens with zero attached hydrogens (tertiary/aromatic N) is 3. The lowest BCUT2D eigenvalue weighted by atomic mass is 10.2. The summed E-state index contributed by atoms with van der Waals surface area (Å²) in [6.07, 6.45) is 0. The van der Waals surface area contributed by atoms with E-state index in [1.807, 2.05) is 29.6 Å². The molecule has 0 radical (unpaired) electrons. The Hall–Kier alpha value is -2.44. The molecule has 0 saturated carbocycles. The van der Waals surface area contributed by atoms with Crippen LogP contribution in [-0.2, 0) is 0 Å². The lowest BCUT2D eigenvalue weighted by Gasteiger charge is -1.93. The van der Waals surface area contributed by atoms with E-state index in [1.54, 1.807) is 29.5 Å². The van der Waals surface area contributed by atoms with Gasteiger partial charge >= 0.3 is 0 Å². The summed E-state index contributed by atoms with van der Waals surface area (Å²) in [6, 6.07) is 12.9. The van der Waals surface area contributed by atoms with Gasteiger partial charge in [-0.15, -0.1) is 11.3 Å². The Bertz CT molecular complexity index is 914. The summed E-state index contributed by atoms with van der Waals surface area (Å²) >= 11 is 7.54. The lowest BCUT2D eigenvalue weighted by molar-refractivity contribution is 0.412. The van der Waals surface area contributed by atoms with Crippen LogP contribution in [0.15, 0.2) is 56.9 Å². The van der Waals surface area contributed by atoms with Gasteiger partial charge in [-0.25, -0.2) is 0 Å². The van der Waals surface area contributed by atoms with Crippen LogP contribution in [-0.4, -0.2) is 15.3 Å². The summed E-state index contributed by atoms with van der Waals surface area (Å²) in [7, 11) is 0. The van der Waals surface area contributed by atoms with Crippen LogP contribution in [0.2, 0.25) is 5.02 Å². The average molecular weight is 330 g/mol. The highest BCUT2D eigenvalue weighted by Gasteiger charge is 2.16. The maximum Gasteiger partial charge on any atom is 0.280 e. The first kappa shape index (κ1) is 13.2. The molecule has 0 aliphatic rings. The van der Waals surface area contributed by atoms with Crippen LogP contribution < -0.4 is 0 Å². The molecule has 0 fully saturated rings. The van der Waals surface area contributed by atoms with Gasteiger partial charge in [-0.3, -0.25) is 0 Å². The summed E-state index contributed by atoms with van der Waals surface area (Å²) in [5.41, 5.74) is 1.29. The standard InChI is InChI=1S/C15H8ClN3O2S/c16-10-4-1-3-9(7-10)14-17-15(21-19-14)11-8-12(20-18-11)13-5-2-6-22-13/h1-8H. The van der Waals surface area contributed by atoms with E-state index in [4.69, 9.17) is 20.6 Å². The predicted molar refractivity (Wildman–Crippen MR) is 83.6 cm³/mol. The molecule has 0 aliphatic carbocycles. The number of aromatic nitrogens is 3. The number of rotatable bonds is 3. The van der Waals surface area contributed by atoms with Crippen LogP contribution in [0.4, 0.5) is 0 Å². The molecular formula is C15H8ClN3O2S. The summed E-state index contributed by atoms with van der Waals surface area (Å²) in [4.78, 5) is 5.32. The largest absolute Gasteiger partial charge is 0.355 e. The highest BCUT2D eigenvalue weighted by Crippen LogP contribution is 2.29. The first-order chi connectivity index (χ1) is 10.8. The van der Waals surface area contributed by atoms with E-state index in [0.29, 0.717) is 28.2 Å². The topological polar surface area (TPSA) is 65.0 Å². The highest BCUT2D eigenvalue weighted by atomic mass is 35.5. The van der Waals surface area contributed by atoms with Gasteiger partial charge in [0.1, 0.15) is 0 Å². The zero-order valence-electron chi connectivity index (χ0n) is 11.1. The molecule has 108 valence electrons. The number of hydrogen-bond acceptors (Lipinski definition) is 6. The average Bonchev–Trinajstić information content (AvgIpc) is 3.27. The van der Waals surface area contributed by atoms with E-state index in [0.717, 1.165) is 10.4 Å². The lowest BCUT2D eigenvalue weighted by Crippen LogP contribution is -1.81. The minimum Gasteiger partial charge on any atom is -0.355 e. The van der Waals surface area contributed by atoms with Gasteiger partial charge in [-0.2, -0.15) is 4.98 Å². The van der Waals surface area contributed by atoms with Crippen molar-refractivity contribution < 1.29 is 9.05 Å². The molecule has 0 aliphatic heterocycles. The van der Waals surface area contributed by atoms with Gasteiger partial charge < -0.3 is 9.05 Å². The third kappa shape index (κ3) is 2.43. The Morgan fingerprint density at radius 3 is 2.77 bits per heavy atom. The van der Waals surface area contributed by atoms with Crippen molar-refractivity contribution in [1.82, 2.24) is 15.3 Å². The second-order valence-corrected chi connectivity index (χ2v) is 5.87. The quantitative estimate of drug-likeness (QED) is 0.541. The van der Waals surface area contributed by atoms with E-state index in [9.17, 15) is 0 Å². The minimum absolute atomic E-state index is 0.307. The summed E-state index contributed by atoms with van der Waals surface area (Å²) < 4.78 is 10.6.